The SMILES string of the molecule is O=C(O)/C(=C/c1ccc(Br)cc1[N+](=O)[O-])c1cccs1. The van der Waals surface area contributed by atoms with Crippen LogP contribution < -0.4 is 0 Å². The van der Waals surface area contributed by atoms with Crippen LogP contribution in [0.15, 0.2) is 40.2 Å². The number of carbonyl (C=O) groups is 1. The molecule has 0 aliphatic carbocycles. The molecule has 1 aromatic carbocycles. The van der Waals surface area contributed by atoms with E-state index in [4.69, 9.17) is 0 Å². The van der Waals surface area contributed by atoms with Gasteiger partial charge in [0.15, 0.2) is 0 Å². The number of hydrogen-bond donors (Lipinski definition) is 1. The lowest BCUT2D eigenvalue weighted by Crippen LogP contribution is -1.99. The van der Waals surface area contributed by atoms with E-state index in [0.29, 0.717) is 9.35 Å². The van der Waals surface area contributed by atoms with Crippen LogP contribution >= 0.6 is 27.3 Å². The van der Waals surface area contributed by atoms with Crippen LogP contribution in [0.4, 0.5) is 5.69 Å². The summed E-state index contributed by atoms with van der Waals surface area (Å²) in [5, 5.41) is 22.0. The van der Waals surface area contributed by atoms with Crippen LogP contribution in [0.5, 0.6) is 0 Å². The van der Waals surface area contributed by atoms with Crippen LogP contribution in [0.3, 0.4) is 0 Å². The van der Waals surface area contributed by atoms with E-state index < -0.39 is 10.9 Å². The average molecular weight is 354 g/mol. The van der Waals surface area contributed by atoms with Gasteiger partial charge < -0.3 is 5.11 Å². The zero-order valence-electron chi connectivity index (χ0n) is 9.95. The molecule has 2 aromatic rings. The van der Waals surface area contributed by atoms with Gasteiger partial charge >= 0.3 is 5.97 Å². The summed E-state index contributed by atoms with van der Waals surface area (Å²) >= 11 is 4.43. The number of hydrogen-bond acceptors (Lipinski definition) is 4. The van der Waals surface area contributed by atoms with Crippen molar-refractivity contribution in [2.75, 3.05) is 0 Å². The van der Waals surface area contributed by atoms with Gasteiger partial charge in [-0.15, -0.1) is 11.3 Å². The predicted octanol–water partition coefficient (Wildman–Crippen LogP) is 4.04. The standard InChI is InChI=1S/C13H8BrNO4S/c14-9-4-3-8(11(7-9)15(18)19)6-10(13(16)17)12-2-1-5-20-12/h1-7H,(H,16,17)/b10-6+. The van der Waals surface area contributed by atoms with Crippen LogP contribution in [0.1, 0.15) is 10.4 Å². The molecule has 1 heterocycles. The Labute approximate surface area is 126 Å². The summed E-state index contributed by atoms with van der Waals surface area (Å²) < 4.78 is 0.564. The molecule has 0 atom stereocenters. The summed E-state index contributed by atoms with van der Waals surface area (Å²) in [7, 11) is 0. The fraction of sp³-hybridized carbons (Fsp3) is 0. The highest BCUT2D eigenvalue weighted by Crippen LogP contribution is 2.29. The second-order valence-corrected chi connectivity index (χ2v) is 5.66. The molecule has 0 fully saturated rings. The first-order valence-corrected chi connectivity index (χ1v) is 7.09. The molecule has 0 saturated carbocycles. The highest BCUT2D eigenvalue weighted by molar-refractivity contribution is 9.10. The molecule has 7 heteroatoms. The maximum atomic E-state index is 11.3. The van der Waals surface area contributed by atoms with Crippen molar-refractivity contribution in [3.05, 3.63) is 60.7 Å². The maximum Gasteiger partial charge on any atom is 0.337 e. The Morgan fingerprint density at radius 3 is 2.70 bits per heavy atom. The van der Waals surface area contributed by atoms with Crippen LogP contribution in [-0.2, 0) is 4.79 Å². The zero-order valence-corrected chi connectivity index (χ0v) is 12.3. The summed E-state index contributed by atoms with van der Waals surface area (Å²) in [6.45, 7) is 0. The quantitative estimate of drug-likeness (QED) is 0.510. The minimum absolute atomic E-state index is 0.0328. The Bertz CT molecular complexity index is 694. The number of carboxylic acid groups (broad SMARTS) is 1. The van der Waals surface area contributed by atoms with Gasteiger partial charge in [-0.05, 0) is 29.7 Å². The van der Waals surface area contributed by atoms with E-state index in [2.05, 4.69) is 15.9 Å². The van der Waals surface area contributed by atoms with Gasteiger partial charge in [0, 0.05) is 15.4 Å². The number of nitrogens with zero attached hydrogens (tertiary/aromatic N) is 1. The smallest absolute Gasteiger partial charge is 0.337 e. The molecule has 0 unspecified atom stereocenters. The Balaban J connectivity index is 2.58. The summed E-state index contributed by atoms with van der Waals surface area (Å²) in [6, 6.07) is 7.88. The lowest BCUT2D eigenvalue weighted by molar-refractivity contribution is -0.385. The molecule has 0 amide bonds. The van der Waals surface area contributed by atoms with Crippen molar-refractivity contribution < 1.29 is 14.8 Å². The number of halogens is 1. The lowest BCUT2D eigenvalue weighted by Gasteiger charge is -2.02. The number of thiophene rings is 1. The number of aliphatic carboxylic acids is 1. The monoisotopic (exact) mass is 353 g/mol. The zero-order chi connectivity index (χ0) is 14.7. The first kappa shape index (κ1) is 14.4. The van der Waals surface area contributed by atoms with Crippen molar-refractivity contribution >= 4 is 50.6 Å². The molecular weight excluding hydrogens is 346 g/mol. The van der Waals surface area contributed by atoms with Crippen molar-refractivity contribution in [3.8, 4) is 0 Å². The highest BCUT2D eigenvalue weighted by Gasteiger charge is 2.17. The van der Waals surface area contributed by atoms with Crippen molar-refractivity contribution in [1.29, 1.82) is 0 Å². The molecule has 2 rings (SSSR count). The minimum atomic E-state index is -1.12. The van der Waals surface area contributed by atoms with E-state index in [0.717, 1.165) is 0 Å². The van der Waals surface area contributed by atoms with Gasteiger partial charge in [-0.3, -0.25) is 10.1 Å². The van der Waals surface area contributed by atoms with Crippen LogP contribution in [0, 0.1) is 10.1 Å². The van der Waals surface area contributed by atoms with Gasteiger partial charge in [0.05, 0.1) is 16.1 Å². The van der Waals surface area contributed by atoms with Crippen LogP contribution in [0.2, 0.25) is 0 Å². The average Bonchev–Trinajstić information content (AvgIpc) is 2.90. The first-order valence-electron chi connectivity index (χ1n) is 5.42. The fourth-order valence-corrected chi connectivity index (χ4v) is 2.71. The molecule has 1 aromatic heterocycles. The second-order valence-electron chi connectivity index (χ2n) is 3.80. The van der Waals surface area contributed by atoms with Gasteiger partial charge in [0.2, 0.25) is 0 Å². The van der Waals surface area contributed by atoms with Gasteiger partial charge in [0.25, 0.3) is 5.69 Å². The summed E-state index contributed by atoms with van der Waals surface area (Å²) in [4.78, 5) is 22.3. The van der Waals surface area contributed by atoms with Gasteiger partial charge in [-0.1, -0.05) is 22.0 Å². The van der Waals surface area contributed by atoms with E-state index in [1.807, 2.05) is 0 Å². The van der Waals surface area contributed by atoms with Gasteiger partial charge in [-0.25, -0.2) is 4.79 Å². The number of nitro benzene ring substituents is 1. The third kappa shape index (κ3) is 3.12. The molecule has 0 aliphatic heterocycles. The second kappa shape index (κ2) is 5.98. The maximum absolute atomic E-state index is 11.3. The molecule has 0 saturated heterocycles. The normalized spacial score (nSPS) is 11.3. The number of rotatable bonds is 4. The van der Waals surface area contributed by atoms with Crippen LogP contribution in [0.25, 0.3) is 11.6 Å². The molecule has 0 spiro atoms. The van der Waals surface area contributed by atoms with E-state index >= 15 is 0 Å². The van der Waals surface area contributed by atoms with Crippen LogP contribution in [-0.4, -0.2) is 16.0 Å². The molecule has 1 N–H and O–H groups in total. The summed E-state index contributed by atoms with van der Waals surface area (Å²) in [5.74, 6) is -1.12. The molecular formula is C13H8BrNO4S. The van der Waals surface area contributed by atoms with E-state index in [-0.39, 0.29) is 16.8 Å². The third-order valence-electron chi connectivity index (χ3n) is 2.51. The van der Waals surface area contributed by atoms with E-state index in [9.17, 15) is 20.0 Å². The Morgan fingerprint density at radius 2 is 2.15 bits per heavy atom. The molecule has 0 bridgehead atoms. The number of benzene rings is 1. The van der Waals surface area contributed by atoms with Crippen molar-refractivity contribution in [1.82, 2.24) is 0 Å². The molecule has 0 radical (unpaired) electrons. The largest absolute Gasteiger partial charge is 0.478 e. The molecule has 5 nitrogen and oxygen atoms in total. The lowest BCUT2D eigenvalue weighted by atomic mass is 10.1. The topological polar surface area (TPSA) is 80.4 Å². The van der Waals surface area contributed by atoms with Crippen molar-refractivity contribution in [2.45, 2.75) is 0 Å². The number of nitro groups is 1. The molecule has 102 valence electrons. The fourth-order valence-electron chi connectivity index (χ4n) is 1.62. The van der Waals surface area contributed by atoms with Crippen molar-refractivity contribution in [2.24, 2.45) is 0 Å². The van der Waals surface area contributed by atoms with Crippen molar-refractivity contribution in [3.63, 3.8) is 0 Å². The van der Waals surface area contributed by atoms with E-state index in [1.54, 1.807) is 23.6 Å². The Kier molecular flexibility index (Phi) is 4.31. The molecule has 0 aliphatic rings. The van der Waals surface area contributed by atoms with Gasteiger partial charge in [-0.2, -0.15) is 0 Å². The Morgan fingerprint density at radius 1 is 1.40 bits per heavy atom. The minimum Gasteiger partial charge on any atom is -0.478 e. The van der Waals surface area contributed by atoms with E-state index in [1.165, 1.54) is 29.5 Å². The third-order valence-corrected chi connectivity index (χ3v) is 3.90. The highest BCUT2D eigenvalue weighted by atomic mass is 79.9. The number of carboxylic acids is 1. The first-order chi connectivity index (χ1) is 9.49. The summed E-state index contributed by atoms with van der Waals surface area (Å²) in [6.07, 6.45) is 1.32. The molecule has 20 heavy (non-hydrogen) atoms. The predicted molar refractivity (Wildman–Crippen MR) is 80.6 cm³/mol. The Hall–Kier alpha value is -1.99. The van der Waals surface area contributed by atoms with Gasteiger partial charge in [0.1, 0.15) is 0 Å². The summed E-state index contributed by atoms with van der Waals surface area (Å²) in [5.41, 5.74) is 0.143.